The zero-order chi connectivity index (χ0) is 13.2. The van der Waals surface area contributed by atoms with E-state index in [2.05, 4.69) is 27.9 Å². The van der Waals surface area contributed by atoms with Crippen LogP contribution in [0.4, 0.5) is 0 Å². The average molecular weight is 290 g/mol. The Morgan fingerprint density at radius 1 is 1.21 bits per heavy atom. The van der Waals surface area contributed by atoms with Crippen molar-refractivity contribution in [1.29, 1.82) is 0 Å². The normalized spacial score (nSPS) is 11.1. The fraction of sp³-hybridized carbons (Fsp3) is 0.214. The number of benzene rings is 1. The fourth-order valence-electron chi connectivity index (χ4n) is 2.07. The summed E-state index contributed by atoms with van der Waals surface area (Å²) in [5.74, 6) is 0. The van der Waals surface area contributed by atoms with E-state index in [1.165, 1.54) is 11.0 Å². The molecule has 0 N–H and O–H groups in total. The predicted molar refractivity (Wildman–Crippen MR) is 78.8 cm³/mol. The highest BCUT2D eigenvalue weighted by Gasteiger charge is 2.11. The summed E-state index contributed by atoms with van der Waals surface area (Å²) in [4.78, 5) is 13.0. The Morgan fingerprint density at radius 2 is 2.05 bits per heavy atom. The SMILES string of the molecule is CCc1c(Cl)ncnc1Cc1nc2ccccc2s1. The first-order chi connectivity index (χ1) is 9.28. The molecular weight excluding hydrogens is 278 g/mol. The number of rotatable bonds is 3. The lowest BCUT2D eigenvalue weighted by Crippen LogP contribution is -2.00. The molecule has 0 aliphatic rings. The minimum atomic E-state index is 0.550. The minimum Gasteiger partial charge on any atom is -0.241 e. The van der Waals surface area contributed by atoms with Gasteiger partial charge in [0.1, 0.15) is 11.5 Å². The molecule has 3 nitrogen and oxygen atoms in total. The van der Waals surface area contributed by atoms with E-state index in [1.807, 2.05) is 18.2 Å². The Kier molecular flexibility index (Phi) is 3.44. The standard InChI is InChI=1S/C14H12ClN3S/c1-2-9-11(16-8-17-14(9)15)7-13-18-10-5-3-4-6-12(10)19-13/h3-6,8H,2,7H2,1H3. The summed E-state index contributed by atoms with van der Waals surface area (Å²) in [7, 11) is 0. The van der Waals surface area contributed by atoms with Gasteiger partial charge in [-0.05, 0) is 18.6 Å². The maximum Gasteiger partial charge on any atom is 0.135 e. The molecule has 3 rings (SSSR count). The Morgan fingerprint density at radius 3 is 2.84 bits per heavy atom. The molecule has 0 spiro atoms. The molecule has 0 amide bonds. The quantitative estimate of drug-likeness (QED) is 0.687. The summed E-state index contributed by atoms with van der Waals surface area (Å²) >= 11 is 7.81. The van der Waals surface area contributed by atoms with Gasteiger partial charge in [0, 0.05) is 12.0 Å². The van der Waals surface area contributed by atoms with Gasteiger partial charge >= 0.3 is 0 Å². The molecule has 0 saturated carbocycles. The number of hydrogen-bond donors (Lipinski definition) is 0. The van der Waals surface area contributed by atoms with Crippen molar-refractivity contribution in [2.75, 3.05) is 0 Å². The van der Waals surface area contributed by atoms with Crippen molar-refractivity contribution in [2.45, 2.75) is 19.8 Å². The van der Waals surface area contributed by atoms with Crippen LogP contribution in [-0.2, 0) is 12.8 Å². The molecule has 0 radical (unpaired) electrons. The summed E-state index contributed by atoms with van der Waals surface area (Å²) in [6.45, 7) is 2.06. The van der Waals surface area contributed by atoms with Crippen LogP contribution in [0, 0.1) is 0 Å². The highest BCUT2D eigenvalue weighted by atomic mass is 35.5. The minimum absolute atomic E-state index is 0.550. The molecular formula is C14H12ClN3S. The van der Waals surface area contributed by atoms with E-state index in [-0.39, 0.29) is 0 Å². The summed E-state index contributed by atoms with van der Waals surface area (Å²) in [6.07, 6.45) is 3.06. The number of para-hydroxylation sites is 1. The first kappa shape index (κ1) is 12.5. The van der Waals surface area contributed by atoms with E-state index in [9.17, 15) is 0 Å². The zero-order valence-corrected chi connectivity index (χ0v) is 12.0. The van der Waals surface area contributed by atoms with Gasteiger partial charge in [0.15, 0.2) is 0 Å². The van der Waals surface area contributed by atoms with Crippen LogP contribution in [0.1, 0.15) is 23.2 Å². The molecule has 0 aliphatic carbocycles. The molecule has 5 heteroatoms. The van der Waals surface area contributed by atoms with Gasteiger partial charge in [-0.15, -0.1) is 11.3 Å². The summed E-state index contributed by atoms with van der Waals surface area (Å²) < 4.78 is 1.20. The Labute approximate surface area is 120 Å². The summed E-state index contributed by atoms with van der Waals surface area (Å²) in [5, 5.41) is 1.61. The van der Waals surface area contributed by atoms with E-state index in [4.69, 9.17) is 11.6 Å². The number of hydrogen-bond acceptors (Lipinski definition) is 4. The third-order valence-electron chi connectivity index (χ3n) is 2.99. The number of fused-ring (bicyclic) bond motifs is 1. The van der Waals surface area contributed by atoms with Crippen molar-refractivity contribution in [3.8, 4) is 0 Å². The molecule has 3 aromatic rings. The number of aromatic nitrogens is 3. The Hall–Kier alpha value is -1.52. The van der Waals surface area contributed by atoms with E-state index in [0.717, 1.165) is 28.2 Å². The van der Waals surface area contributed by atoms with Crippen LogP contribution in [0.2, 0.25) is 5.15 Å². The van der Waals surface area contributed by atoms with Gasteiger partial charge in [-0.25, -0.2) is 15.0 Å². The van der Waals surface area contributed by atoms with Crippen molar-refractivity contribution >= 4 is 33.2 Å². The van der Waals surface area contributed by atoms with Gasteiger partial charge in [0.2, 0.25) is 0 Å². The lowest BCUT2D eigenvalue weighted by molar-refractivity contribution is 0.945. The van der Waals surface area contributed by atoms with E-state index >= 15 is 0 Å². The number of nitrogens with zero attached hydrogens (tertiary/aromatic N) is 3. The largest absolute Gasteiger partial charge is 0.241 e. The number of thiazole rings is 1. The second-order valence-electron chi connectivity index (χ2n) is 4.20. The smallest absolute Gasteiger partial charge is 0.135 e. The van der Waals surface area contributed by atoms with Gasteiger partial charge in [-0.3, -0.25) is 0 Å². The van der Waals surface area contributed by atoms with E-state index in [0.29, 0.717) is 11.6 Å². The van der Waals surface area contributed by atoms with Gasteiger partial charge in [-0.2, -0.15) is 0 Å². The van der Waals surface area contributed by atoms with E-state index in [1.54, 1.807) is 11.3 Å². The molecule has 0 saturated heterocycles. The lowest BCUT2D eigenvalue weighted by atomic mass is 10.1. The molecule has 2 heterocycles. The van der Waals surface area contributed by atoms with Crippen LogP contribution < -0.4 is 0 Å². The maximum absolute atomic E-state index is 6.11. The second-order valence-corrected chi connectivity index (χ2v) is 5.67. The fourth-order valence-corrected chi connectivity index (χ4v) is 3.32. The molecule has 2 aromatic heterocycles. The van der Waals surface area contributed by atoms with Crippen molar-refractivity contribution in [3.05, 3.63) is 52.0 Å². The van der Waals surface area contributed by atoms with E-state index < -0.39 is 0 Å². The van der Waals surface area contributed by atoms with Gasteiger partial charge in [0.25, 0.3) is 0 Å². The molecule has 1 aromatic carbocycles. The lowest BCUT2D eigenvalue weighted by Gasteiger charge is -2.05. The third kappa shape index (κ3) is 2.46. The van der Waals surface area contributed by atoms with Crippen molar-refractivity contribution in [3.63, 3.8) is 0 Å². The third-order valence-corrected chi connectivity index (χ3v) is 4.35. The maximum atomic E-state index is 6.11. The first-order valence-electron chi connectivity index (χ1n) is 6.10. The van der Waals surface area contributed by atoms with Crippen LogP contribution in [-0.4, -0.2) is 15.0 Å². The van der Waals surface area contributed by atoms with Crippen LogP contribution in [0.5, 0.6) is 0 Å². The molecule has 0 bridgehead atoms. The highest BCUT2D eigenvalue weighted by molar-refractivity contribution is 7.18. The van der Waals surface area contributed by atoms with Gasteiger partial charge in [0.05, 0.1) is 20.9 Å². The first-order valence-corrected chi connectivity index (χ1v) is 7.30. The van der Waals surface area contributed by atoms with Crippen LogP contribution in [0.15, 0.2) is 30.6 Å². The Balaban J connectivity index is 1.99. The molecule has 0 fully saturated rings. The summed E-state index contributed by atoms with van der Waals surface area (Å²) in [5.41, 5.74) is 3.03. The van der Waals surface area contributed by atoms with Crippen molar-refractivity contribution in [2.24, 2.45) is 0 Å². The van der Waals surface area contributed by atoms with Crippen molar-refractivity contribution in [1.82, 2.24) is 15.0 Å². The Bertz CT molecular complexity index is 691. The van der Waals surface area contributed by atoms with Crippen LogP contribution in [0.25, 0.3) is 10.2 Å². The topological polar surface area (TPSA) is 38.7 Å². The highest BCUT2D eigenvalue weighted by Crippen LogP contribution is 2.25. The summed E-state index contributed by atoms with van der Waals surface area (Å²) in [6, 6.07) is 8.15. The van der Waals surface area contributed by atoms with Gasteiger partial charge in [-0.1, -0.05) is 30.7 Å². The average Bonchev–Trinajstić information content (AvgIpc) is 2.81. The molecule has 19 heavy (non-hydrogen) atoms. The zero-order valence-electron chi connectivity index (χ0n) is 10.4. The molecule has 96 valence electrons. The second kappa shape index (κ2) is 5.23. The monoisotopic (exact) mass is 289 g/mol. The number of halogens is 1. The van der Waals surface area contributed by atoms with Crippen molar-refractivity contribution < 1.29 is 0 Å². The van der Waals surface area contributed by atoms with Gasteiger partial charge < -0.3 is 0 Å². The molecule has 0 atom stereocenters. The van der Waals surface area contributed by atoms with Crippen LogP contribution in [0.3, 0.4) is 0 Å². The predicted octanol–water partition coefficient (Wildman–Crippen LogP) is 3.89. The molecule has 0 unspecified atom stereocenters. The molecule has 0 aliphatic heterocycles. The van der Waals surface area contributed by atoms with Crippen LogP contribution >= 0.6 is 22.9 Å².